The van der Waals surface area contributed by atoms with Crippen LogP contribution in [0.2, 0.25) is 0 Å². The first-order valence-corrected chi connectivity index (χ1v) is 26.0. The van der Waals surface area contributed by atoms with Crippen LogP contribution >= 0.6 is 0 Å². The van der Waals surface area contributed by atoms with E-state index in [1.54, 1.807) is 0 Å². The molecule has 0 amide bonds. The molecule has 8 nitrogen and oxygen atoms in total. The average molecular weight is 875 g/mol. The normalized spacial score (nSPS) is 13.1. The fourth-order valence-electron chi connectivity index (χ4n) is 7.71. The summed E-state index contributed by atoms with van der Waals surface area (Å²) < 4.78 is 17.4. The maximum Gasteiger partial charge on any atom is 0.362 e. The molecule has 0 saturated heterocycles. The first-order valence-electron chi connectivity index (χ1n) is 26.0. The number of esters is 2. The molecule has 0 spiro atoms. The number of ether oxygens (including phenoxy) is 3. The zero-order valence-electron chi connectivity index (χ0n) is 41.3. The van der Waals surface area contributed by atoms with Gasteiger partial charge in [0.1, 0.15) is 6.61 Å². The van der Waals surface area contributed by atoms with Crippen molar-refractivity contribution in [3.8, 4) is 0 Å². The Kier molecular flexibility index (Phi) is 43.3. The molecule has 0 aromatic carbocycles. The van der Waals surface area contributed by atoms with Crippen LogP contribution in [0.3, 0.4) is 0 Å². The third kappa shape index (κ3) is 42.8. The number of hydrogen-bond acceptors (Lipinski definition) is 6. The maximum atomic E-state index is 12.8. The van der Waals surface area contributed by atoms with Crippen molar-refractivity contribution in [1.82, 2.24) is 0 Å². The minimum Gasteiger partial charge on any atom is -0.477 e. The van der Waals surface area contributed by atoms with Crippen molar-refractivity contribution < 1.29 is 38.2 Å². The third-order valence-electron chi connectivity index (χ3n) is 11.8. The standard InChI is InChI=1S/C54H99NO7/c1-6-8-10-12-14-16-18-20-22-24-25-26-27-29-31-33-35-37-39-41-43-45-53(57)62-50(48-60-47-46-51(54(58)59)55(3,4)5)49-61-52(56)44-42-40-38-36-34-32-30-28-23-21-19-17-15-13-11-9-7-2/h18,20-21,23-25,50-51H,6-17,19,22,26-49H2,1-5H3/p+1/b20-18-,23-21-,25-24-. The van der Waals surface area contributed by atoms with Crippen molar-refractivity contribution in [3.05, 3.63) is 36.5 Å². The molecule has 0 aliphatic carbocycles. The molecule has 0 aliphatic rings. The van der Waals surface area contributed by atoms with E-state index in [1.807, 2.05) is 21.1 Å². The number of carbonyl (C=O) groups excluding carboxylic acids is 2. The monoisotopic (exact) mass is 875 g/mol. The Balaban J connectivity index is 4.24. The van der Waals surface area contributed by atoms with Gasteiger partial charge in [0.15, 0.2) is 12.1 Å². The first-order chi connectivity index (χ1) is 30.1. The van der Waals surface area contributed by atoms with E-state index in [-0.39, 0.29) is 36.2 Å². The highest BCUT2D eigenvalue weighted by Crippen LogP contribution is 2.15. The number of carboxylic acids is 1. The fraction of sp³-hybridized carbons (Fsp3) is 0.833. The third-order valence-corrected chi connectivity index (χ3v) is 11.8. The molecule has 0 radical (unpaired) electrons. The second-order valence-corrected chi connectivity index (χ2v) is 18.8. The molecule has 0 fully saturated rings. The molecular formula is C54H100NO7+. The lowest BCUT2D eigenvalue weighted by molar-refractivity contribution is -0.887. The smallest absolute Gasteiger partial charge is 0.362 e. The van der Waals surface area contributed by atoms with Crippen LogP contribution in [0.1, 0.15) is 239 Å². The SMILES string of the molecule is CCCCCCC/C=C\C/C=C\CCCCCCCCCCCC(=O)OC(COCCC(C(=O)O)[N+](C)(C)C)COC(=O)CCCCCCCCC/C=C\CCCCCCCC. The minimum atomic E-state index is -0.874. The molecule has 8 heteroatoms. The molecule has 362 valence electrons. The molecule has 1 N–H and O–H groups in total. The van der Waals surface area contributed by atoms with Gasteiger partial charge in [0.05, 0.1) is 34.4 Å². The predicted molar refractivity (Wildman–Crippen MR) is 261 cm³/mol. The largest absolute Gasteiger partial charge is 0.477 e. The van der Waals surface area contributed by atoms with Gasteiger partial charge in [0.2, 0.25) is 0 Å². The van der Waals surface area contributed by atoms with Gasteiger partial charge >= 0.3 is 17.9 Å². The van der Waals surface area contributed by atoms with Crippen LogP contribution in [0.4, 0.5) is 0 Å². The van der Waals surface area contributed by atoms with E-state index in [2.05, 4.69) is 50.3 Å². The van der Waals surface area contributed by atoms with E-state index in [0.717, 1.165) is 44.9 Å². The van der Waals surface area contributed by atoms with Crippen LogP contribution in [0.15, 0.2) is 36.5 Å². The van der Waals surface area contributed by atoms with Crippen molar-refractivity contribution >= 4 is 17.9 Å². The Bertz CT molecular complexity index is 1110. The van der Waals surface area contributed by atoms with Crippen LogP contribution in [0, 0.1) is 0 Å². The number of unbranched alkanes of at least 4 members (excludes halogenated alkanes) is 27. The highest BCUT2D eigenvalue weighted by Gasteiger charge is 2.31. The Morgan fingerprint density at radius 1 is 0.484 bits per heavy atom. The first kappa shape index (κ1) is 59.5. The topological polar surface area (TPSA) is 99.1 Å². The quantitative estimate of drug-likeness (QED) is 0.0281. The van der Waals surface area contributed by atoms with Gasteiger partial charge in [-0.15, -0.1) is 0 Å². The molecule has 0 heterocycles. The van der Waals surface area contributed by atoms with Gasteiger partial charge in [0, 0.05) is 19.3 Å². The van der Waals surface area contributed by atoms with Crippen LogP contribution in [0.5, 0.6) is 0 Å². The van der Waals surface area contributed by atoms with Crippen LogP contribution in [-0.4, -0.2) is 80.6 Å². The number of quaternary nitrogens is 1. The summed E-state index contributed by atoms with van der Waals surface area (Å²) in [5.74, 6) is -1.47. The number of allylic oxidation sites excluding steroid dienone is 6. The van der Waals surface area contributed by atoms with Crippen LogP contribution in [0.25, 0.3) is 0 Å². The summed E-state index contributed by atoms with van der Waals surface area (Å²) in [7, 11) is 5.54. The highest BCUT2D eigenvalue weighted by molar-refractivity contribution is 5.72. The summed E-state index contributed by atoms with van der Waals surface area (Å²) in [5.41, 5.74) is 0. The van der Waals surface area contributed by atoms with Crippen LogP contribution in [-0.2, 0) is 28.6 Å². The molecule has 0 rings (SSSR count). The summed E-state index contributed by atoms with van der Waals surface area (Å²) in [4.78, 5) is 37.2. The van der Waals surface area contributed by atoms with E-state index in [0.29, 0.717) is 19.3 Å². The summed E-state index contributed by atoms with van der Waals surface area (Å²) in [5, 5.41) is 9.65. The Morgan fingerprint density at radius 3 is 1.26 bits per heavy atom. The van der Waals surface area contributed by atoms with Gasteiger partial charge < -0.3 is 23.8 Å². The molecule has 0 aromatic rings. The number of nitrogens with zero attached hydrogens (tertiary/aromatic N) is 1. The van der Waals surface area contributed by atoms with E-state index < -0.39 is 18.1 Å². The predicted octanol–water partition coefficient (Wildman–Crippen LogP) is 15.0. The number of hydrogen-bond donors (Lipinski definition) is 1. The molecule has 62 heavy (non-hydrogen) atoms. The Hall–Kier alpha value is -2.45. The Morgan fingerprint density at radius 2 is 0.855 bits per heavy atom. The lowest BCUT2D eigenvalue weighted by Crippen LogP contribution is -2.50. The maximum absolute atomic E-state index is 12.8. The van der Waals surface area contributed by atoms with E-state index in [1.165, 1.54) is 161 Å². The number of likely N-dealkylation sites (N-methyl/N-ethyl adjacent to an activating group) is 1. The molecule has 0 bridgehead atoms. The molecule has 2 unspecified atom stereocenters. The van der Waals surface area contributed by atoms with E-state index in [4.69, 9.17) is 14.2 Å². The summed E-state index contributed by atoms with van der Waals surface area (Å²) in [6, 6.07) is -0.616. The van der Waals surface area contributed by atoms with Gasteiger partial charge in [-0.25, -0.2) is 4.79 Å². The van der Waals surface area contributed by atoms with Crippen molar-refractivity contribution in [2.45, 2.75) is 251 Å². The number of aliphatic carboxylic acids is 1. The van der Waals surface area contributed by atoms with E-state index >= 15 is 0 Å². The zero-order valence-corrected chi connectivity index (χ0v) is 41.3. The highest BCUT2D eigenvalue weighted by atomic mass is 16.6. The van der Waals surface area contributed by atoms with E-state index in [9.17, 15) is 19.5 Å². The van der Waals surface area contributed by atoms with Crippen molar-refractivity contribution in [1.29, 1.82) is 0 Å². The average Bonchev–Trinajstić information content (AvgIpc) is 3.23. The van der Waals surface area contributed by atoms with Crippen LogP contribution < -0.4 is 0 Å². The van der Waals surface area contributed by atoms with Crippen molar-refractivity contribution in [3.63, 3.8) is 0 Å². The minimum absolute atomic E-state index is 0.0530. The second-order valence-electron chi connectivity index (χ2n) is 18.8. The number of carbonyl (C=O) groups is 3. The van der Waals surface area contributed by atoms with Gasteiger partial charge in [-0.1, -0.05) is 185 Å². The summed E-state index contributed by atoms with van der Waals surface area (Å²) in [6.45, 7) is 4.74. The number of rotatable bonds is 47. The zero-order chi connectivity index (χ0) is 45.6. The summed E-state index contributed by atoms with van der Waals surface area (Å²) in [6.07, 6.45) is 53.3. The number of carboxylic acid groups (broad SMARTS) is 1. The van der Waals surface area contributed by atoms with Crippen molar-refractivity contribution in [2.24, 2.45) is 0 Å². The van der Waals surface area contributed by atoms with Gasteiger partial charge in [0.25, 0.3) is 0 Å². The lowest BCUT2D eigenvalue weighted by Gasteiger charge is -2.31. The molecule has 0 saturated carbocycles. The van der Waals surface area contributed by atoms with Crippen molar-refractivity contribution in [2.75, 3.05) is 41.0 Å². The summed E-state index contributed by atoms with van der Waals surface area (Å²) >= 11 is 0. The lowest BCUT2D eigenvalue weighted by atomic mass is 10.1. The fourth-order valence-corrected chi connectivity index (χ4v) is 7.71. The molecular weight excluding hydrogens is 775 g/mol. The Labute approximate surface area is 383 Å². The van der Waals surface area contributed by atoms with Gasteiger partial charge in [-0.3, -0.25) is 9.59 Å². The van der Waals surface area contributed by atoms with Gasteiger partial charge in [-0.2, -0.15) is 0 Å². The molecule has 0 aliphatic heterocycles. The molecule has 0 aromatic heterocycles. The second kappa shape index (κ2) is 45.1. The van der Waals surface area contributed by atoms with Gasteiger partial charge in [-0.05, 0) is 70.6 Å². The molecule has 2 atom stereocenters.